The molecule has 1 N–H and O–H groups in total. The summed E-state index contributed by atoms with van der Waals surface area (Å²) < 4.78 is 23.5. The third kappa shape index (κ3) is 5.70. The van der Waals surface area contributed by atoms with E-state index in [9.17, 15) is 14.0 Å². The minimum Gasteiger partial charge on any atom is -0.497 e. The third-order valence-electron chi connectivity index (χ3n) is 4.10. The number of amides is 2. The van der Waals surface area contributed by atoms with Crippen molar-refractivity contribution >= 4 is 11.8 Å². The summed E-state index contributed by atoms with van der Waals surface area (Å²) in [4.78, 5) is 26.2. The highest BCUT2D eigenvalue weighted by atomic mass is 19.1. The maximum absolute atomic E-state index is 13.0. The molecule has 0 saturated carbocycles. The van der Waals surface area contributed by atoms with Crippen LogP contribution in [-0.4, -0.2) is 43.5 Å². The second-order valence-electron chi connectivity index (χ2n) is 5.90. The molecule has 0 heterocycles. The highest BCUT2D eigenvalue weighted by Crippen LogP contribution is 2.16. The fourth-order valence-corrected chi connectivity index (χ4v) is 2.48. The van der Waals surface area contributed by atoms with E-state index in [1.807, 2.05) is 12.1 Å². The van der Waals surface area contributed by atoms with Gasteiger partial charge in [0.05, 0.1) is 7.11 Å². The van der Waals surface area contributed by atoms with E-state index in [0.29, 0.717) is 11.5 Å². The first-order valence-corrected chi connectivity index (χ1v) is 8.47. The molecule has 0 spiro atoms. The van der Waals surface area contributed by atoms with Crippen LogP contribution < -0.4 is 14.8 Å². The van der Waals surface area contributed by atoms with E-state index in [0.717, 1.165) is 5.56 Å². The molecule has 2 aromatic rings. The van der Waals surface area contributed by atoms with Crippen LogP contribution in [0, 0.1) is 5.82 Å². The second-order valence-corrected chi connectivity index (χ2v) is 5.90. The molecule has 7 heteroatoms. The Bertz CT molecular complexity index is 763. The Labute approximate surface area is 157 Å². The largest absolute Gasteiger partial charge is 0.497 e. The van der Waals surface area contributed by atoms with Crippen molar-refractivity contribution in [3.63, 3.8) is 0 Å². The Morgan fingerprint density at radius 1 is 1.07 bits per heavy atom. The zero-order chi connectivity index (χ0) is 19.8. The van der Waals surface area contributed by atoms with Crippen molar-refractivity contribution in [2.24, 2.45) is 0 Å². The lowest BCUT2D eigenvalue weighted by Crippen LogP contribution is -2.48. The maximum Gasteiger partial charge on any atom is 0.261 e. The van der Waals surface area contributed by atoms with Gasteiger partial charge < -0.3 is 19.7 Å². The molecule has 0 radical (unpaired) electrons. The number of likely N-dealkylation sites (N-methyl/N-ethyl adjacent to an activating group) is 1. The summed E-state index contributed by atoms with van der Waals surface area (Å²) in [5.74, 6) is 0.0605. The van der Waals surface area contributed by atoms with Crippen LogP contribution in [0.3, 0.4) is 0 Å². The first-order valence-electron chi connectivity index (χ1n) is 8.47. The number of carbonyl (C=O) groups excluding carboxylic acids is 2. The minimum absolute atomic E-state index is 0.240. The minimum atomic E-state index is -0.679. The molecular formula is C20H23FN2O4. The van der Waals surface area contributed by atoms with E-state index in [-0.39, 0.29) is 30.8 Å². The Kier molecular flexibility index (Phi) is 7.16. The number of benzene rings is 2. The summed E-state index contributed by atoms with van der Waals surface area (Å²) in [6.45, 7) is 1.63. The summed E-state index contributed by atoms with van der Waals surface area (Å²) >= 11 is 0. The van der Waals surface area contributed by atoms with Crippen LogP contribution in [0.5, 0.6) is 11.5 Å². The Balaban J connectivity index is 2.10. The van der Waals surface area contributed by atoms with E-state index in [4.69, 9.17) is 9.47 Å². The second kappa shape index (κ2) is 9.56. The van der Waals surface area contributed by atoms with E-state index in [1.54, 1.807) is 26.2 Å². The first kappa shape index (κ1) is 20.2. The lowest BCUT2D eigenvalue weighted by Gasteiger charge is -2.28. The van der Waals surface area contributed by atoms with Gasteiger partial charge in [0.1, 0.15) is 23.4 Å². The normalized spacial score (nSPS) is 11.4. The predicted octanol–water partition coefficient (Wildman–Crippen LogP) is 2.38. The molecule has 27 heavy (non-hydrogen) atoms. The van der Waals surface area contributed by atoms with Crippen LogP contribution >= 0.6 is 0 Å². The highest BCUT2D eigenvalue weighted by molar-refractivity contribution is 5.87. The van der Waals surface area contributed by atoms with Gasteiger partial charge in [-0.2, -0.15) is 0 Å². The van der Waals surface area contributed by atoms with Crippen molar-refractivity contribution in [2.45, 2.75) is 19.5 Å². The van der Waals surface area contributed by atoms with Crippen LogP contribution in [0.25, 0.3) is 0 Å². The fourth-order valence-electron chi connectivity index (χ4n) is 2.48. The van der Waals surface area contributed by atoms with Crippen LogP contribution in [0.15, 0.2) is 48.5 Å². The zero-order valence-electron chi connectivity index (χ0n) is 15.6. The zero-order valence-corrected chi connectivity index (χ0v) is 15.6. The van der Waals surface area contributed by atoms with E-state index >= 15 is 0 Å². The van der Waals surface area contributed by atoms with Crippen molar-refractivity contribution in [1.82, 2.24) is 10.2 Å². The number of hydrogen-bond donors (Lipinski definition) is 1. The lowest BCUT2D eigenvalue weighted by atomic mass is 10.1. The maximum atomic E-state index is 13.0. The third-order valence-corrected chi connectivity index (χ3v) is 4.10. The molecule has 6 nitrogen and oxygen atoms in total. The number of carbonyl (C=O) groups is 2. The molecule has 0 aromatic heterocycles. The predicted molar refractivity (Wildman–Crippen MR) is 99.0 cm³/mol. The molecule has 0 aliphatic carbocycles. The number of methoxy groups -OCH3 is 1. The topological polar surface area (TPSA) is 67.9 Å². The summed E-state index contributed by atoms with van der Waals surface area (Å²) in [7, 11) is 3.09. The Morgan fingerprint density at radius 3 is 2.22 bits per heavy atom. The summed E-state index contributed by atoms with van der Waals surface area (Å²) in [5, 5.41) is 2.55. The van der Waals surface area contributed by atoms with Gasteiger partial charge in [0, 0.05) is 13.6 Å². The summed E-state index contributed by atoms with van der Waals surface area (Å²) in [5.41, 5.74) is 0.849. The number of nitrogens with one attached hydrogen (secondary N) is 1. The average Bonchev–Trinajstić information content (AvgIpc) is 2.70. The van der Waals surface area contributed by atoms with Crippen LogP contribution in [0.1, 0.15) is 12.5 Å². The fraction of sp³-hybridized carbons (Fsp3) is 0.300. The van der Waals surface area contributed by atoms with E-state index in [1.165, 1.54) is 36.2 Å². The van der Waals surface area contributed by atoms with Crippen molar-refractivity contribution in [2.75, 3.05) is 20.8 Å². The summed E-state index contributed by atoms with van der Waals surface area (Å²) in [6, 6.07) is 11.9. The molecular weight excluding hydrogens is 351 g/mol. The molecule has 0 aliphatic rings. The smallest absolute Gasteiger partial charge is 0.261 e. The van der Waals surface area contributed by atoms with Gasteiger partial charge in [0.2, 0.25) is 5.91 Å². The Hall–Kier alpha value is -3.09. The van der Waals surface area contributed by atoms with Crippen LogP contribution in [-0.2, 0) is 16.1 Å². The molecule has 1 unspecified atom stereocenters. The van der Waals surface area contributed by atoms with Gasteiger partial charge in [-0.25, -0.2) is 4.39 Å². The quantitative estimate of drug-likeness (QED) is 0.770. The number of ether oxygens (including phenoxy) is 2. The molecule has 2 aromatic carbocycles. The van der Waals surface area contributed by atoms with E-state index in [2.05, 4.69) is 5.32 Å². The number of halogens is 1. The SMILES string of the molecule is CNC(=O)C(C)N(Cc1ccc(OC)cc1)C(=O)COc1ccc(F)cc1. The molecule has 2 amide bonds. The van der Waals surface area contributed by atoms with Crippen molar-refractivity contribution in [3.05, 3.63) is 59.9 Å². The molecule has 0 aliphatic heterocycles. The van der Waals surface area contributed by atoms with Gasteiger partial charge in [-0.05, 0) is 48.9 Å². The molecule has 0 fully saturated rings. The summed E-state index contributed by atoms with van der Waals surface area (Å²) in [6.07, 6.45) is 0. The van der Waals surface area contributed by atoms with Gasteiger partial charge in [-0.3, -0.25) is 9.59 Å². The van der Waals surface area contributed by atoms with Crippen molar-refractivity contribution in [3.8, 4) is 11.5 Å². The Morgan fingerprint density at radius 2 is 1.67 bits per heavy atom. The molecule has 144 valence electrons. The van der Waals surface area contributed by atoms with E-state index < -0.39 is 6.04 Å². The molecule has 0 saturated heterocycles. The van der Waals surface area contributed by atoms with Gasteiger partial charge in [-0.1, -0.05) is 12.1 Å². The molecule has 1 atom stereocenters. The van der Waals surface area contributed by atoms with Crippen molar-refractivity contribution < 1.29 is 23.5 Å². The van der Waals surface area contributed by atoms with Gasteiger partial charge in [0.15, 0.2) is 6.61 Å². The van der Waals surface area contributed by atoms with Crippen molar-refractivity contribution in [1.29, 1.82) is 0 Å². The number of rotatable bonds is 8. The first-order chi connectivity index (χ1) is 12.9. The van der Waals surface area contributed by atoms with Crippen LogP contribution in [0.4, 0.5) is 4.39 Å². The number of hydrogen-bond acceptors (Lipinski definition) is 4. The standard InChI is InChI=1S/C20H23FN2O4/c1-14(20(25)22-2)23(12-15-4-8-17(26-3)9-5-15)19(24)13-27-18-10-6-16(21)7-11-18/h4-11,14H,12-13H2,1-3H3,(H,22,25). The van der Waals surface area contributed by atoms with Gasteiger partial charge >= 0.3 is 0 Å². The monoisotopic (exact) mass is 374 g/mol. The van der Waals surface area contributed by atoms with Gasteiger partial charge in [-0.15, -0.1) is 0 Å². The molecule has 0 bridgehead atoms. The molecule has 2 rings (SSSR count). The highest BCUT2D eigenvalue weighted by Gasteiger charge is 2.25. The van der Waals surface area contributed by atoms with Gasteiger partial charge in [0.25, 0.3) is 5.91 Å². The average molecular weight is 374 g/mol. The lowest BCUT2D eigenvalue weighted by molar-refractivity contribution is -0.142. The number of nitrogens with zero attached hydrogens (tertiary/aromatic N) is 1. The van der Waals surface area contributed by atoms with Crippen LogP contribution in [0.2, 0.25) is 0 Å².